The Morgan fingerprint density at radius 3 is 2.32 bits per heavy atom. The standard InChI is InChI=1S/C23H25FO/c1-2-3-7-14-23(25)15-12-19(13-16-23)21-11-10-20(17-22(21)24)18-8-5-4-6-9-18/h4-6,8-13,15-17,19,25H,2-3,7,14H2,1H3. The molecular formula is C23H25FO. The Balaban J connectivity index is 1.74. The summed E-state index contributed by atoms with van der Waals surface area (Å²) in [5.74, 6) is -0.339. The second kappa shape index (κ2) is 7.79. The van der Waals surface area contributed by atoms with Gasteiger partial charge in [-0.1, -0.05) is 86.5 Å². The highest BCUT2D eigenvalue weighted by Crippen LogP contribution is 2.32. The summed E-state index contributed by atoms with van der Waals surface area (Å²) in [6.07, 6.45) is 11.4. The minimum atomic E-state index is -0.883. The molecule has 0 fully saturated rings. The van der Waals surface area contributed by atoms with E-state index in [0.717, 1.165) is 36.8 Å². The highest BCUT2D eigenvalue weighted by atomic mass is 19.1. The molecule has 2 aromatic carbocycles. The predicted octanol–water partition coefficient (Wildman–Crippen LogP) is 6.01. The Labute approximate surface area is 149 Å². The first kappa shape index (κ1) is 17.6. The normalized spacial score (nSPS) is 22.3. The molecule has 0 saturated carbocycles. The summed E-state index contributed by atoms with van der Waals surface area (Å²) in [5.41, 5.74) is 1.64. The first-order valence-electron chi connectivity index (χ1n) is 9.07. The lowest BCUT2D eigenvalue weighted by Gasteiger charge is -2.26. The van der Waals surface area contributed by atoms with E-state index in [9.17, 15) is 9.50 Å². The number of hydrogen-bond acceptors (Lipinski definition) is 1. The van der Waals surface area contributed by atoms with Crippen molar-refractivity contribution < 1.29 is 9.50 Å². The van der Waals surface area contributed by atoms with Gasteiger partial charge in [-0.25, -0.2) is 4.39 Å². The fourth-order valence-electron chi connectivity index (χ4n) is 3.30. The van der Waals surface area contributed by atoms with E-state index in [1.165, 1.54) is 0 Å². The van der Waals surface area contributed by atoms with Crippen LogP contribution in [0.5, 0.6) is 0 Å². The highest BCUT2D eigenvalue weighted by molar-refractivity contribution is 5.64. The van der Waals surface area contributed by atoms with E-state index >= 15 is 0 Å². The Morgan fingerprint density at radius 2 is 1.68 bits per heavy atom. The third kappa shape index (κ3) is 4.26. The zero-order valence-corrected chi connectivity index (χ0v) is 14.7. The average molecular weight is 336 g/mol. The van der Waals surface area contributed by atoms with Crippen LogP contribution in [0.2, 0.25) is 0 Å². The highest BCUT2D eigenvalue weighted by Gasteiger charge is 2.24. The Morgan fingerprint density at radius 1 is 0.960 bits per heavy atom. The zero-order chi connectivity index (χ0) is 17.7. The second-order valence-corrected chi connectivity index (χ2v) is 6.79. The van der Waals surface area contributed by atoms with E-state index in [4.69, 9.17) is 0 Å². The molecule has 0 unspecified atom stereocenters. The summed E-state index contributed by atoms with van der Waals surface area (Å²) in [6, 6.07) is 15.2. The van der Waals surface area contributed by atoms with Crippen LogP contribution in [0.15, 0.2) is 72.8 Å². The van der Waals surface area contributed by atoms with Gasteiger partial charge in [0.1, 0.15) is 11.4 Å². The van der Waals surface area contributed by atoms with Crippen molar-refractivity contribution in [1.29, 1.82) is 0 Å². The number of halogens is 1. The molecule has 2 heteroatoms. The third-order valence-corrected chi connectivity index (χ3v) is 4.83. The van der Waals surface area contributed by atoms with E-state index in [1.807, 2.05) is 66.8 Å². The maximum absolute atomic E-state index is 14.6. The fraction of sp³-hybridized carbons (Fsp3) is 0.304. The van der Waals surface area contributed by atoms with Gasteiger partial charge in [-0.3, -0.25) is 0 Å². The molecule has 0 atom stereocenters. The molecule has 2 aromatic rings. The molecule has 1 N–H and O–H groups in total. The molecule has 0 bridgehead atoms. The Hall–Kier alpha value is -2.19. The van der Waals surface area contributed by atoms with Crippen molar-refractivity contribution in [3.63, 3.8) is 0 Å². The Bertz CT molecular complexity index is 747. The molecule has 0 heterocycles. The Kier molecular flexibility index (Phi) is 5.50. The zero-order valence-electron chi connectivity index (χ0n) is 14.7. The summed E-state index contributed by atoms with van der Waals surface area (Å²) in [7, 11) is 0. The van der Waals surface area contributed by atoms with Crippen LogP contribution in [0.4, 0.5) is 4.39 Å². The maximum atomic E-state index is 14.6. The minimum absolute atomic E-state index is 0.128. The van der Waals surface area contributed by atoms with Gasteiger partial charge in [-0.05, 0) is 35.6 Å². The van der Waals surface area contributed by atoms with Crippen LogP contribution in [0.25, 0.3) is 11.1 Å². The van der Waals surface area contributed by atoms with Crippen LogP contribution in [-0.2, 0) is 0 Å². The molecule has 1 aliphatic carbocycles. The molecule has 0 saturated heterocycles. The van der Waals surface area contributed by atoms with Gasteiger partial charge in [0.25, 0.3) is 0 Å². The van der Waals surface area contributed by atoms with Gasteiger partial charge in [0.15, 0.2) is 0 Å². The van der Waals surface area contributed by atoms with Crippen molar-refractivity contribution in [2.75, 3.05) is 0 Å². The molecule has 0 aliphatic heterocycles. The number of benzene rings is 2. The van der Waals surface area contributed by atoms with Crippen LogP contribution >= 0.6 is 0 Å². The van der Waals surface area contributed by atoms with E-state index < -0.39 is 5.60 Å². The van der Waals surface area contributed by atoms with E-state index in [-0.39, 0.29) is 11.7 Å². The number of allylic oxidation sites excluding steroid dienone is 2. The lowest BCUT2D eigenvalue weighted by atomic mass is 9.85. The van der Waals surface area contributed by atoms with E-state index in [2.05, 4.69) is 6.92 Å². The molecule has 0 radical (unpaired) electrons. The summed E-state index contributed by atoms with van der Waals surface area (Å²) in [6.45, 7) is 2.15. The molecule has 3 rings (SSSR count). The molecule has 0 aromatic heterocycles. The van der Waals surface area contributed by atoms with Gasteiger partial charge in [-0.15, -0.1) is 0 Å². The first-order chi connectivity index (χ1) is 12.1. The summed E-state index contributed by atoms with van der Waals surface area (Å²) >= 11 is 0. The molecule has 25 heavy (non-hydrogen) atoms. The van der Waals surface area contributed by atoms with Gasteiger partial charge in [0.2, 0.25) is 0 Å². The molecule has 1 aliphatic rings. The topological polar surface area (TPSA) is 20.2 Å². The van der Waals surface area contributed by atoms with Crippen molar-refractivity contribution >= 4 is 0 Å². The van der Waals surface area contributed by atoms with Crippen LogP contribution in [0.1, 0.15) is 44.1 Å². The molecule has 130 valence electrons. The van der Waals surface area contributed by atoms with Crippen LogP contribution in [-0.4, -0.2) is 10.7 Å². The van der Waals surface area contributed by atoms with Crippen molar-refractivity contribution in [3.8, 4) is 11.1 Å². The van der Waals surface area contributed by atoms with E-state index in [1.54, 1.807) is 6.07 Å². The number of hydrogen-bond donors (Lipinski definition) is 1. The fourth-order valence-corrected chi connectivity index (χ4v) is 3.30. The van der Waals surface area contributed by atoms with Gasteiger partial charge in [-0.2, -0.15) is 0 Å². The van der Waals surface area contributed by atoms with Crippen molar-refractivity contribution in [2.45, 2.75) is 44.1 Å². The molecule has 0 amide bonds. The quantitative estimate of drug-likeness (QED) is 0.505. The van der Waals surface area contributed by atoms with Crippen LogP contribution < -0.4 is 0 Å². The van der Waals surface area contributed by atoms with Crippen LogP contribution in [0, 0.1) is 5.82 Å². The second-order valence-electron chi connectivity index (χ2n) is 6.79. The van der Waals surface area contributed by atoms with Gasteiger partial charge >= 0.3 is 0 Å². The minimum Gasteiger partial charge on any atom is -0.382 e. The number of aliphatic hydroxyl groups is 1. The number of rotatable bonds is 6. The average Bonchev–Trinajstić information content (AvgIpc) is 2.64. The van der Waals surface area contributed by atoms with Gasteiger partial charge < -0.3 is 5.11 Å². The summed E-state index contributed by atoms with van der Waals surface area (Å²) in [5, 5.41) is 10.6. The SMILES string of the molecule is CCCCCC1(O)C=CC(c2ccc(-c3ccccc3)cc2F)C=C1. The van der Waals surface area contributed by atoms with E-state index in [0.29, 0.717) is 5.56 Å². The summed E-state index contributed by atoms with van der Waals surface area (Å²) < 4.78 is 14.6. The largest absolute Gasteiger partial charge is 0.382 e. The monoisotopic (exact) mass is 336 g/mol. The predicted molar refractivity (Wildman–Crippen MR) is 102 cm³/mol. The molecule has 0 spiro atoms. The van der Waals surface area contributed by atoms with Crippen molar-refractivity contribution in [2.24, 2.45) is 0 Å². The molecular weight excluding hydrogens is 311 g/mol. The summed E-state index contributed by atoms with van der Waals surface area (Å²) in [4.78, 5) is 0. The lowest BCUT2D eigenvalue weighted by molar-refractivity contribution is 0.126. The molecule has 1 nitrogen and oxygen atoms in total. The van der Waals surface area contributed by atoms with Gasteiger partial charge in [0, 0.05) is 5.92 Å². The van der Waals surface area contributed by atoms with Gasteiger partial charge in [0.05, 0.1) is 0 Å². The smallest absolute Gasteiger partial charge is 0.127 e. The number of unbranched alkanes of at least 4 members (excludes halogenated alkanes) is 2. The third-order valence-electron chi connectivity index (χ3n) is 4.83. The van der Waals surface area contributed by atoms with Crippen molar-refractivity contribution in [3.05, 3.63) is 84.2 Å². The van der Waals surface area contributed by atoms with Crippen molar-refractivity contribution in [1.82, 2.24) is 0 Å². The van der Waals surface area contributed by atoms with Crippen LogP contribution in [0.3, 0.4) is 0 Å². The lowest BCUT2D eigenvalue weighted by Crippen LogP contribution is -2.25. The first-order valence-corrected chi connectivity index (χ1v) is 9.07. The maximum Gasteiger partial charge on any atom is 0.127 e.